The van der Waals surface area contributed by atoms with Crippen molar-refractivity contribution in [2.45, 2.75) is 13.5 Å². The van der Waals surface area contributed by atoms with Crippen molar-refractivity contribution in [3.63, 3.8) is 0 Å². The largest absolute Gasteiger partial charge is 0.497 e. The summed E-state index contributed by atoms with van der Waals surface area (Å²) in [5.74, 6) is -0.0376. The summed E-state index contributed by atoms with van der Waals surface area (Å²) < 4.78 is 19.1. The number of methoxy groups -OCH3 is 1. The summed E-state index contributed by atoms with van der Waals surface area (Å²) in [4.78, 5) is 8.71. The van der Waals surface area contributed by atoms with Crippen LogP contribution in [0.25, 0.3) is 16.5 Å². The Kier molecular flexibility index (Phi) is 5.01. The summed E-state index contributed by atoms with van der Waals surface area (Å²) in [6.45, 7) is 5.65. The Bertz CT molecular complexity index is 766. The first-order valence-corrected chi connectivity index (χ1v) is 6.82. The van der Waals surface area contributed by atoms with Gasteiger partial charge in [0.05, 0.1) is 24.0 Å². The Hall–Kier alpha value is -2.53. The van der Waals surface area contributed by atoms with Gasteiger partial charge in [-0.2, -0.15) is 0 Å². The highest BCUT2D eigenvalue weighted by Gasteiger charge is 2.11. The van der Waals surface area contributed by atoms with Crippen molar-refractivity contribution in [3.8, 4) is 0 Å². The van der Waals surface area contributed by atoms with Gasteiger partial charge in [0.1, 0.15) is 11.6 Å². The Morgan fingerprint density at radius 1 is 1.45 bits per heavy atom. The average molecular weight is 299 g/mol. The molecule has 2 N–H and O–H groups in total. The molecule has 0 aliphatic carbocycles. The molecule has 0 aromatic carbocycles. The molecule has 0 saturated carbocycles. The Balaban J connectivity index is 2.58. The first-order chi connectivity index (χ1) is 10.6. The number of fused-ring (bicyclic) bond motifs is 1. The highest BCUT2D eigenvalue weighted by molar-refractivity contribution is 5.83. The number of aromatic nitrogens is 2. The molecule has 2 rings (SSSR count). The van der Waals surface area contributed by atoms with Crippen molar-refractivity contribution >= 4 is 16.5 Å². The number of halogens is 1. The molecule has 0 atom stereocenters. The van der Waals surface area contributed by atoms with Crippen molar-refractivity contribution in [3.05, 3.63) is 66.1 Å². The zero-order chi connectivity index (χ0) is 16.1. The number of ether oxygens (including phenoxy) is 1. The van der Waals surface area contributed by atoms with Gasteiger partial charge in [0, 0.05) is 23.7 Å². The predicted molar refractivity (Wildman–Crippen MR) is 86.4 cm³/mol. The van der Waals surface area contributed by atoms with Crippen LogP contribution in [0.3, 0.4) is 0 Å². The first-order valence-electron chi connectivity index (χ1n) is 6.82. The van der Waals surface area contributed by atoms with Crippen molar-refractivity contribution in [1.82, 2.24) is 9.97 Å². The van der Waals surface area contributed by atoms with E-state index in [-0.39, 0.29) is 0 Å². The van der Waals surface area contributed by atoms with Crippen LogP contribution < -0.4 is 5.73 Å². The molecular weight excluding hydrogens is 281 g/mol. The van der Waals surface area contributed by atoms with Crippen LogP contribution in [0.4, 0.5) is 4.39 Å². The normalized spacial score (nSPS) is 12.5. The van der Waals surface area contributed by atoms with E-state index < -0.39 is 5.83 Å². The van der Waals surface area contributed by atoms with Crippen molar-refractivity contribution in [2.24, 2.45) is 5.73 Å². The van der Waals surface area contributed by atoms with Gasteiger partial charge in [-0.05, 0) is 31.2 Å². The minimum absolute atomic E-state index is 0.322. The van der Waals surface area contributed by atoms with Gasteiger partial charge in [0.25, 0.3) is 0 Å². The Labute approximate surface area is 128 Å². The maximum absolute atomic E-state index is 14.1. The first kappa shape index (κ1) is 15.9. The molecule has 0 unspecified atom stereocenters. The summed E-state index contributed by atoms with van der Waals surface area (Å²) in [6.07, 6.45) is 4.60. The average Bonchev–Trinajstić information content (AvgIpc) is 2.57. The molecule has 0 radical (unpaired) electrons. The lowest BCUT2D eigenvalue weighted by molar-refractivity contribution is 0.309. The zero-order valence-corrected chi connectivity index (χ0v) is 12.6. The standard InChI is InChI=1S/C17H18FN3O/c1-4-15(18)14(7-11(2)22-3)16-6-5-12-10-20-13(9-19)8-17(12)21-16/h4-8,10H,2,9,19H2,1,3H3/b14-7+,15-4+. The molecule has 0 saturated heterocycles. The lowest BCUT2D eigenvalue weighted by Crippen LogP contribution is -2.00. The maximum atomic E-state index is 14.1. The van der Waals surface area contributed by atoms with E-state index in [4.69, 9.17) is 10.5 Å². The third kappa shape index (κ3) is 3.38. The smallest absolute Gasteiger partial charge is 0.128 e. The number of rotatable bonds is 5. The second kappa shape index (κ2) is 6.95. The molecule has 2 aromatic heterocycles. The summed E-state index contributed by atoms with van der Waals surface area (Å²) in [7, 11) is 1.48. The van der Waals surface area contributed by atoms with Gasteiger partial charge in [-0.15, -0.1) is 0 Å². The Morgan fingerprint density at radius 2 is 2.23 bits per heavy atom. The van der Waals surface area contributed by atoms with Crippen LogP contribution in [0.15, 0.2) is 54.7 Å². The van der Waals surface area contributed by atoms with E-state index in [0.29, 0.717) is 29.1 Å². The van der Waals surface area contributed by atoms with Crippen LogP contribution in [0.5, 0.6) is 0 Å². The second-order valence-corrected chi connectivity index (χ2v) is 4.63. The van der Waals surface area contributed by atoms with Crippen LogP contribution in [-0.2, 0) is 11.3 Å². The number of pyridine rings is 2. The van der Waals surface area contributed by atoms with Crippen LogP contribution in [0.2, 0.25) is 0 Å². The minimum Gasteiger partial charge on any atom is -0.497 e. The van der Waals surface area contributed by atoms with Gasteiger partial charge in [-0.1, -0.05) is 12.7 Å². The summed E-state index contributed by atoms with van der Waals surface area (Å²) >= 11 is 0. The third-order valence-electron chi connectivity index (χ3n) is 3.19. The molecular formula is C17H18FN3O. The van der Waals surface area contributed by atoms with Gasteiger partial charge in [-0.3, -0.25) is 4.98 Å². The van der Waals surface area contributed by atoms with Gasteiger partial charge < -0.3 is 10.5 Å². The number of nitrogens with two attached hydrogens (primary N) is 1. The second-order valence-electron chi connectivity index (χ2n) is 4.63. The van der Waals surface area contributed by atoms with Crippen molar-refractivity contribution in [1.29, 1.82) is 0 Å². The highest BCUT2D eigenvalue weighted by atomic mass is 19.1. The van der Waals surface area contributed by atoms with E-state index in [1.807, 2.05) is 6.07 Å². The topological polar surface area (TPSA) is 61.0 Å². The van der Waals surface area contributed by atoms with Crippen LogP contribution >= 0.6 is 0 Å². The van der Waals surface area contributed by atoms with E-state index in [9.17, 15) is 4.39 Å². The van der Waals surface area contributed by atoms with E-state index >= 15 is 0 Å². The third-order valence-corrected chi connectivity index (χ3v) is 3.19. The van der Waals surface area contributed by atoms with Crippen LogP contribution in [0, 0.1) is 0 Å². The number of allylic oxidation sites excluding steroid dienone is 4. The van der Waals surface area contributed by atoms with E-state index in [1.54, 1.807) is 25.3 Å². The molecule has 0 aliphatic rings. The summed E-state index contributed by atoms with van der Waals surface area (Å²) in [6, 6.07) is 5.39. The molecule has 22 heavy (non-hydrogen) atoms. The fourth-order valence-corrected chi connectivity index (χ4v) is 1.96. The molecule has 0 amide bonds. The monoisotopic (exact) mass is 299 g/mol. The molecule has 0 aliphatic heterocycles. The molecule has 5 heteroatoms. The Morgan fingerprint density at radius 3 is 2.86 bits per heavy atom. The fraction of sp³-hybridized carbons (Fsp3) is 0.176. The quantitative estimate of drug-likeness (QED) is 0.678. The van der Waals surface area contributed by atoms with Crippen LogP contribution in [0.1, 0.15) is 18.3 Å². The van der Waals surface area contributed by atoms with Gasteiger partial charge in [-0.25, -0.2) is 9.37 Å². The van der Waals surface area contributed by atoms with Crippen molar-refractivity contribution < 1.29 is 9.13 Å². The lowest BCUT2D eigenvalue weighted by atomic mass is 10.1. The van der Waals surface area contributed by atoms with Gasteiger partial charge in [0.15, 0.2) is 0 Å². The van der Waals surface area contributed by atoms with Gasteiger partial charge >= 0.3 is 0 Å². The highest BCUT2D eigenvalue weighted by Crippen LogP contribution is 2.26. The van der Waals surface area contributed by atoms with E-state index in [2.05, 4.69) is 16.5 Å². The number of hydrogen-bond donors (Lipinski definition) is 1. The van der Waals surface area contributed by atoms with Gasteiger partial charge in [0.2, 0.25) is 0 Å². The molecule has 0 bridgehead atoms. The molecule has 0 fully saturated rings. The molecule has 0 spiro atoms. The minimum atomic E-state index is -0.391. The number of hydrogen-bond acceptors (Lipinski definition) is 4. The molecule has 4 nitrogen and oxygen atoms in total. The fourth-order valence-electron chi connectivity index (χ4n) is 1.96. The van der Waals surface area contributed by atoms with Crippen LogP contribution in [-0.4, -0.2) is 17.1 Å². The molecule has 2 aromatic rings. The van der Waals surface area contributed by atoms with E-state index in [0.717, 1.165) is 11.1 Å². The predicted octanol–water partition coefficient (Wildman–Crippen LogP) is 3.51. The van der Waals surface area contributed by atoms with Crippen molar-refractivity contribution in [2.75, 3.05) is 7.11 Å². The SMILES string of the molecule is C=C(/C=C(\C(F)=C/C)c1ccc2cnc(CN)cc2n1)OC. The summed E-state index contributed by atoms with van der Waals surface area (Å²) in [5, 5.41) is 0.867. The maximum Gasteiger partial charge on any atom is 0.128 e. The number of nitrogens with zero attached hydrogens (tertiary/aromatic N) is 2. The van der Waals surface area contributed by atoms with E-state index in [1.165, 1.54) is 19.3 Å². The zero-order valence-electron chi connectivity index (χ0n) is 12.6. The molecule has 2 heterocycles. The lowest BCUT2D eigenvalue weighted by Gasteiger charge is -2.08. The summed E-state index contributed by atoms with van der Waals surface area (Å²) in [5.41, 5.74) is 7.86. The molecule has 114 valence electrons.